The minimum Gasteiger partial charge on any atom is -0.392 e. The summed E-state index contributed by atoms with van der Waals surface area (Å²) in [6, 6.07) is 4.72. The van der Waals surface area contributed by atoms with Gasteiger partial charge in [-0.3, -0.25) is 0 Å². The minimum absolute atomic E-state index is 0.146. The van der Waals surface area contributed by atoms with Gasteiger partial charge in [-0.05, 0) is 31.2 Å². The fourth-order valence-corrected chi connectivity index (χ4v) is 1.65. The molecule has 96 valence electrons. The monoisotopic (exact) mass is 256 g/mol. The highest BCUT2D eigenvalue weighted by molar-refractivity contribution is 5.37. The van der Waals surface area contributed by atoms with Crippen molar-refractivity contribution in [2.75, 3.05) is 0 Å². The van der Waals surface area contributed by atoms with Crippen LogP contribution in [0.1, 0.15) is 16.8 Å². The van der Waals surface area contributed by atoms with Crippen LogP contribution < -0.4 is 0 Å². The van der Waals surface area contributed by atoms with E-state index in [2.05, 4.69) is 5.10 Å². The largest absolute Gasteiger partial charge is 0.416 e. The number of aromatic nitrogens is 2. The van der Waals surface area contributed by atoms with Crippen LogP contribution in [-0.4, -0.2) is 14.9 Å². The third-order valence-electron chi connectivity index (χ3n) is 2.72. The topological polar surface area (TPSA) is 38.1 Å². The first-order valence-electron chi connectivity index (χ1n) is 5.25. The Morgan fingerprint density at radius 2 is 1.83 bits per heavy atom. The highest BCUT2D eigenvalue weighted by atomic mass is 19.4. The first-order valence-corrected chi connectivity index (χ1v) is 5.25. The molecule has 0 aliphatic carbocycles. The fourth-order valence-electron chi connectivity index (χ4n) is 1.65. The van der Waals surface area contributed by atoms with Crippen molar-refractivity contribution < 1.29 is 18.3 Å². The summed E-state index contributed by atoms with van der Waals surface area (Å²) in [6.45, 7) is 1.60. The second kappa shape index (κ2) is 4.45. The zero-order valence-electron chi connectivity index (χ0n) is 9.57. The van der Waals surface area contributed by atoms with Crippen LogP contribution in [0.5, 0.6) is 0 Å². The molecule has 3 nitrogen and oxygen atoms in total. The highest BCUT2D eigenvalue weighted by Crippen LogP contribution is 2.29. The summed E-state index contributed by atoms with van der Waals surface area (Å²) in [5.41, 5.74) is 1.19. The van der Waals surface area contributed by atoms with E-state index in [1.165, 1.54) is 23.0 Å². The van der Waals surface area contributed by atoms with Crippen molar-refractivity contribution in [2.24, 2.45) is 0 Å². The predicted octanol–water partition coefficient (Wildman–Crippen LogP) is 2.69. The molecule has 2 rings (SSSR count). The second-order valence-electron chi connectivity index (χ2n) is 3.87. The SMILES string of the molecule is Cc1c(CO)cnn1-c1ccc(C(F)(F)F)cc1. The zero-order valence-corrected chi connectivity index (χ0v) is 9.57. The second-order valence-corrected chi connectivity index (χ2v) is 3.87. The Bertz CT molecular complexity index is 543. The van der Waals surface area contributed by atoms with Gasteiger partial charge in [0.05, 0.1) is 24.1 Å². The fraction of sp³-hybridized carbons (Fsp3) is 0.250. The zero-order chi connectivity index (χ0) is 13.3. The van der Waals surface area contributed by atoms with Crippen LogP contribution in [0.25, 0.3) is 5.69 Å². The van der Waals surface area contributed by atoms with E-state index < -0.39 is 11.7 Å². The van der Waals surface area contributed by atoms with Gasteiger partial charge in [0.1, 0.15) is 0 Å². The van der Waals surface area contributed by atoms with Gasteiger partial charge in [0.15, 0.2) is 0 Å². The maximum absolute atomic E-state index is 12.4. The van der Waals surface area contributed by atoms with Gasteiger partial charge >= 0.3 is 6.18 Å². The Balaban J connectivity index is 2.37. The van der Waals surface area contributed by atoms with Crippen LogP contribution in [0.3, 0.4) is 0 Å². The summed E-state index contributed by atoms with van der Waals surface area (Å²) < 4.78 is 38.7. The molecule has 0 aliphatic rings. The highest BCUT2D eigenvalue weighted by Gasteiger charge is 2.30. The molecule has 1 aromatic carbocycles. The Labute approximate surface area is 101 Å². The summed E-state index contributed by atoms with van der Waals surface area (Å²) >= 11 is 0. The smallest absolute Gasteiger partial charge is 0.392 e. The maximum Gasteiger partial charge on any atom is 0.416 e. The predicted molar refractivity (Wildman–Crippen MR) is 59.2 cm³/mol. The molecule has 0 radical (unpaired) electrons. The van der Waals surface area contributed by atoms with Crippen molar-refractivity contribution in [3.8, 4) is 5.69 Å². The van der Waals surface area contributed by atoms with Gasteiger partial charge in [0.25, 0.3) is 0 Å². The van der Waals surface area contributed by atoms with Crippen molar-refractivity contribution in [2.45, 2.75) is 19.7 Å². The van der Waals surface area contributed by atoms with E-state index in [1.54, 1.807) is 6.92 Å². The number of hydrogen-bond donors (Lipinski definition) is 1. The molecule has 6 heteroatoms. The molecular formula is C12H11F3N2O. The molecule has 0 aliphatic heterocycles. The molecule has 0 saturated carbocycles. The van der Waals surface area contributed by atoms with E-state index in [0.29, 0.717) is 16.9 Å². The number of halogens is 3. The van der Waals surface area contributed by atoms with Gasteiger partial charge in [-0.2, -0.15) is 18.3 Å². The summed E-state index contributed by atoms with van der Waals surface area (Å²) in [6.07, 6.45) is -2.85. The summed E-state index contributed by atoms with van der Waals surface area (Å²) in [4.78, 5) is 0. The minimum atomic E-state index is -4.34. The molecule has 0 saturated heterocycles. The first kappa shape index (κ1) is 12.6. The molecule has 18 heavy (non-hydrogen) atoms. The lowest BCUT2D eigenvalue weighted by molar-refractivity contribution is -0.137. The molecule has 0 atom stereocenters. The number of aliphatic hydroxyl groups excluding tert-OH is 1. The Kier molecular flexibility index (Phi) is 3.13. The molecular weight excluding hydrogens is 245 g/mol. The molecule has 2 aromatic rings. The van der Waals surface area contributed by atoms with E-state index in [4.69, 9.17) is 5.11 Å². The van der Waals surface area contributed by atoms with E-state index in [-0.39, 0.29) is 6.61 Å². The van der Waals surface area contributed by atoms with Gasteiger partial charge in [-0.1, -0.05) is 0 Å². The van der Waals surface area contributed by atoms with Crippen molar-refractivity contribution in [1.29, 1.82) is 0 Å². The van der Waals surface area contributed by atoms with Crippen LogP contribution >= 0.6 is 0 Å². The Hall–Kier alpha value is -1.82. The van der Waals surface area contributed by atoms with E-state index in [0.717, 1.165) is 12.1 Å². The molecule has 0 bridgehead atoms. The quantitative estimate of drug-likeness (QED) is 0.897. The van der Waals surface area contributed by atoms with Crippen molar-refractivity contribution in [3.63, 3.8) is 0 Å². The van der Waals surface area contributed by atoms with E-state index >= 15 is 0 Å². The molecule has 1 aromatic heterocycles. The van der Waals surface area contributed by atoms with Crippen LogP contribution in [-0.2, 0) is 12.8 Å². The van der Waals surface area contributed by atoms with Crippen LogP contribution in [0.4, 0.5) is 13.2 Å². The number of rotatable bonds is 2. The summed E-state index contributed by atoms with van der Waals surface area (Å²) in [5, 5.41) is 13.1. The number of hydrogen-bond acceptors (Lipinski definition) is 2. The first-order chi connectivity index (χ1) is 8.43. The maximum atomic E-state index is 12.4. The Morgan fingerprint density at radius 3 is 2.28 bits per heavy atom. The van der Waals surface area contributed by atoms with Crippen molar-refractivity contribution in [1.82, 2.24) is 9.78 Å². The van der Waals surface area contributed by atoms with Crippen LogP contribution in [0.15, 0.2) is 30.5 Å². The molecule has 0 unspecified atom stereocenters. The van der Waals surface area contributed by atoms with Crippen molar-refractivity contribution in [3.05, 3.63) is 47.3 Å². The van der Waals surface area contributed by atoms with Gasteiger partial charge in [-0.15, -0.1) is 0 Å². The lowest BCUT2D eigenvalue weighted by atomic mass is 10.2. The lowest BCUT2D eigenvalue weighted by Gasteiger charge is -2.09. The average molecular weight is 256 g/mol. The number of aliphatic hydroxyl groups is 1. The molecule has 0 spiro atoms. The average Bonchev–Trinajstić information content (AvgIpc) is 2.69. The summed E-state index contributed by atoms with van der Waals surface area (Å²) in [7, 11) is 0. The number of nitrogens with zero attached hydrogens (tertiary/aromatic N) is 2. The molecule has 1 N–H and O–H groups in total. The van der Waals surface area contributed by atoms with Crippen LogP contribution in [0.2, 0.25) is 0 Å². The van der Waals surface area contributed by atoms with Crippen LogP contribution in [0, 0.1) is 6.92 Å². The van der Waals surface area contributed by atoms with Gasteiger partial charge in [0.2, 0.25) is 0 Å². The normalized spacial score (nSPS) is 11.8. The molecule has 0 amide bonds. The van der Waals surface area contributed by atoms with Crippen molar-refractivity contribution >= 4 is 0 Å². The van der Waals surface area contributed by atoms with Gasteiger partial charge in [0, 0.05) is 11.3 Å². The summed E-state index contributed by atoms with van der Waals surface area (Å²) in [5.74, 6) is 0. The van der Waals surface area contributed by atoms with E-state index in [1.807, 2.05) is 0 Å². The molecule has 0 fully saturated rings. The number of alkyl halides is 3. The van der Waals surface area contributed by atoms with Gasteiger partial charge in [-0.25, -0.2) is 4.68 Å². The van der Waals surface area contributed by atoms with Gasteiger partial charge < -0.3 is 5.11 Å². The Morgan fingerprint density at radius 1 is 1.22 bits per heavy atom. The molecule has 1 heterocycles. The third kappa shape index (κ3) is 2.24. The standard InChI is InChI=1S/C12H11F3N2O/c1-8-9(7-18)6-16-17(8)11-4-2-10(3-5-11)12(13,14)15/h2-6,18H,7H2,1H3. The number of benzene rings is 1. The lowest BCUT2D eigenvalue weighted by Crippen LogP contribution is -2.06. The van der Waals surface area contributed by atoms with E-state index in [9.17, 15) is 13.2 Å². The third-order valence-corrected chi connectivity index (χ3v) is 2.72.